The molecule has 2 aromatic rings. The molecule has 0 aliphatic rings. The van der Waals surface area contributed by atoms with Gasteiger partial charge in [-0.15, -0.1) is 11.8 Å². The van der Waals surface area contributed by atoms with Crippen LogP contribution < -0.4 is 5.73 Å². The molecule has 2 N–H and O–H groups in total. The van der Waals surface area contributed by atoms with Crippen LogP contribution in [0.5, 0.6) is 0 Å². The van der Waals surface area contributed by atoms with Gasteiger partial charge in [0.1, 0.15) is 5.82 Å². The van der Waals surface area contributed by atoms with Crippen LogP contribution in [0, 0.1) is 12.7 Å². The average molecular weight is 275 g/mol. The predicted octanol–water partition coefficient (Wildman–Crippen LogP) is 4.45. The summed E-state index contributed by atoms with van der Waals surface area (Å²) in [6, 6.07) is 13.1. The number of benzene rings is 2. The van der Waals surface area contributed by atoms with Gasteiger partial charge in [0, 0.05) is 22.3 Å². The second kappa shape index (κ2) is 6.22. The zero-order valence-corrected chi connectivity index (χ0v) is 12.0. The molecule has 1 atom stereocenters. The number of halogens is 1. The number of hydrogen-bond acceptors (Lipinski definition) is 2. The highest BCUT2D eigenvalue weighted by atomic mass is 32.2. The Morgan fingerprint density at radius 3 is 2.58 bits per heavy atom. The highest BCUT2D eigenvalue weighted by Gasteiger charge is 2.13. The lowest BCUT2D eigenvalue weighted by Gasteiger charge is -2.13. The summed E-state index contributed by atoms with van der Waals surface area (Å²) >= 11 is 1.64. The fourth-order valence-electron chi connectivity index (χ4n) is 2.01. The van der Waals surface area contributed by atoms with E-state index in [4.69, 9.17) is 5.73 Å². The summed E-state index contributed by atoms with van der Waals surface area (Å²) in [7, 11) is 0. The van der Waals surface area contributed by atoms with E-state index in [2.05, 4.69) is 19.1 Å². The standard InChI is InChI=1S/C16H18FNS/c1-11-6-3-4-7-13(11)10-19-15-9-5-8-14(17)16(15)12(2)18/h3-9,12H,10,18H2,1-2H3/t12-/m1/s1. The third-order valence-corrected chi connectivity index (χ3v) is 4.24. The summed E-state index contributed by atoms with van der Waals surface area (Å²) in [5.74, 6) is 0.611. The molecule has 3 heteroatoms. The van der Waals surface area contributed by atoms with E-state index in [9.17, 15) is 4.39 Å². The summed E-state index contributed by atoms with van der Waals surface area (Å²) in [5.41, 5.74) is 9.00. The maximum absolute atomic E-state index is 13.8. The molecular formula is C16H18FNS. The van der Waals surface area contributed by atoms with E-state index in [0.29, 0.717) is 5.56 Å². The summed E-state index contributed by atoms with van der Waals surface area (Å²) in [5, 5.41) is 0. The fourth-order valence-corrected chi connectivity index (χ4v) is 3.26. The van der Waals surface area contributed by atoms with Gasteiger partial charge in [-0.3, -0.25) is 0 Å². The van der Waals surface area contributed by atoms with Crippen molar-refractivity contribution in [2.45, 2.75) is 30.5 Å². The van der Waals surface area contributed by atoms with Crippen LogP contribution >= 0.6 is 11.8 Å². The fraction of sp³-hybridized carbons (Fsp3) is 0.250. The Labute approximate surface area is 118 Å². The molecule has 0 radical (unpaired) electrons. The van der Waals surface area contributed by atoms with Crippen molar-refractivity contribution >= 4 is 11.8 Å². The molecule has 2 aromatic carbocycles. The molecule has 0 unspecified atom stereocenters. The maximum atomic E-state index is 13.8. The lowest BCUT2D eigenvalue weighted by molar-refractivity contribution is 0.585. The van der Waals surface area contributed by atoms with E-state index in [1.807, 2.05) is 25.1 Å². The Balaban J connectivity index is 2.21. The van der Waals surface area contributed by atoms with Crippen LogP contribution in [-0.4, -0.2) is 0 Å². The Hall–Kier alpha value is -1.32. The summed E-state index contributed by atoms with van der Waals surface area (Å²) in [6.07, 6.45) is 0. The predicted molar refractivity (Wildman–Crippen MR) is 79.7 cm³/mol. The van der Waals surface area contributed by atoms with Gasteiger partial charge in [-0.05, 0) is 37.1 Å². The molecule has 0 amide bonds. The van der Waals surface area contributed by atoms with E-state index in [0.717, 1.165) is 10.6 Å². The van der Waals surface area contributed by atoms with Crippen molar-refractivity contribution in [3.05, 3.63) is 65.0 Å². The topological polar surface area (TPSA) is 26.0 Å². The van der Waals surface area contributed by atoms with Crippen LogP contribution in [0.4, 0.5) is 4.39 Å². The molecular weight excluding hydrogens is 257 g/mol. The molecule has 0 spiro atoms. The van der Waals surface area contributed by atoms with Crippen molar-refractivity contribution in [3.8, 4) is 0 Å². The van der Waals surface area contributed by atoms with E-state index >= 15 is 0 Å². The van der Waals surface area contributed by atoms with Crippen molar-refractivity contribution < 1.29 is 4.39 Å². The first kappa shape index (κ1) is 14.1. The minimum absolute atomic E-state index is 0.218. The third-order valence-electron chi connectivity index (χ3n) is 3.11. The first-order valence-electron chi connectivity index (χ1n) is 6.31. The van der Waals surface area contributed by atoms with Crippen LogP contribution in [0.1, 0.15) is 29.7 Å². The molecule has 1 nitrogen and oxygen atoms in total. The molecule has 19 heavy (non-hydrogen) atoms. The molecule has 0 aliphatic carbocycles. The lowest BCUT2D eigenvalue weighted by atomic mass is 10.1. The van der Waals surface area contributed by atoms with Crippen LogP contribution in [0.15, 0.2) is 47.4 Å². The van der Waals surface area contributed by atoms with Gasteiger partial charge in [0.05, 0.1) is 0 Å². The summed E-state index contributed by atoms with van der Waals surface area (Å²) in [6.45, 7) is 3.91. The molecule has 0 fully saturated rings. The van der Waals surface area contributed by atoms with E-state index in [1.54, 1.807) is 17.8 Å². The van der Waals surface area contributed by atoms with Gasteiger partial charge >= 0.3 is 0 Å². The van der Waals surface area contributed by atoms with Gasteiger partial charge in [0.2, 0.25) is 0 Å². The van der Waals surface area contributed by atoms with Crippen molar-refractivity contribution in [2.24, 2.45) is 5.73 Å². The van der Waals surface area contributed by atoms with Crippen molar-refractivity contribution in [2.75, 3.05) is 0 Å². The third kappa shape index (κ3) is 3.37. The van der Waals surface area contributed by atoms with Crippen LogP contribution in [0.2, 0.25) is 0 Å². The number of nitrogens with two attached hydrogens (primary N) is 1. The Bertz CT molecular complexity index is 566. The number of hydrogen-bond donors (Lipinski definition) is 1. The summed E-state index contributed by atoms with van der Waals surface area (Å²) < 4.78 is 13.8. The Kier molecular flexibility index (Phi) is 4.61. The SMILES string of the molecule is Cc1ccccc1CSc1cccc(F)c1[C@@H](C)N. The second-order valence-electron chi connectivity index (χ2n) is 4.66. The van der Waals surface area contributed by atoms with Crippen molar-refractivity contribution in [1.29, 1.82) is 0 Å². The molecule has 0 heterocycles. The monoisotopic (exact) mass is 275 g/mol. The number of rotatable bonds is 4. The van der Waals surface area contributed by atoms with Gasteiger partial charge in [-0.2, -0.15) is 0 Å². The molecule has 0 aliphatic heterocycles. The molecule has 0 saturated carbocycles. The minimum Gasteiger partial charge on any atom is -0.324 e. The first-order valence-corrected chi connectivity index (χ1v) is 7.29. The zero-order valence-electron chi connectivity index (χ0n) is 11.2. The smallest absolute Gasteiger partial charge is 0.129 e. The minimum atomic E-state index is -0.291. The highest BCUT2D eigenvalue weighted by Crippen LogP contribution is 2.31. The largest absolute Gasteiger partial charge is 0.324 e. The molecule has 2 rings (SSSR count). The molecule has 0 bridgehead atoms. The van der Waals surface area contributed by atoms with Crippen LogP contribution in [0.25, 0.3) is 0 Å². The Morgan fingerprint density at radius 2 is 1.89 bits per heavy atom. The van der Waals surface area contributed by atoms with Crippen LogP contribution in [-0.2, 0) is 5.75 Å². The number of thioether (sulfide) groups is 1. The van der Waals surface area contributed by atoms with Crippen LogP contribution in [0.3, 0.4) is 0 Å². The van der Waals surface area contributed by atoms with Crippen molar-refractivity contribution in [1.82, 2.24) is 0 Å². The maximum Gasteiger partial charge on any atom is 0.129 e. The normalized spacial score (nSPS) is 12.4. The van der Waals surface area contributed by atoms with E-state index < -0.39 is 0 Å². The Morgan fingerprint density at radius 1 is 1.16 bits per heavy atom. The lowest BCUT2D eigenvalue weighted by Crippen LogP contribution is -2.09. The quantitative estimate of drug-likeness (QED) is 0.834. The molecule has 0 aromatic heterocycles. The van der Waals surface area contributed by atoms with Crippen molar-refractivity contribution in [3.63, 3.8) is 0 Å². The summed E-state index contributed by atoms with van der Waals surface area (Å²) in [4.78, 5) is 0.929. The number of aryl methyl sites for hydroxylation is 1. The van der Waals surface area contributed by atoms with Gasteiger partial charge in [-0.25, -0.2) is 4.39 Å². The highest BCUT2D eigenvalue weighted by molar-refractivity contribution is 7.98. The van der Waals surface area contributed by atoms with E-state index in [1.165, 1.54) is 17.2 Å². The molecule has 100 valence electrons. The first-order chi connectivity index (χ1) is 9.09. The van der Waals surface area contributed by atoms with Gasteiger partial charge in [0.15, 0.2) is 0 Å². The van der Waals surface area contributed by atoms with Gasteiger partial charge in [0.25, 0.3) is 0 Å². The average Bonchev–Trinajstić information content (AvgIpc) is 2.37. The van der Waals surface area contributed by atoms with Gasteiger partial charge in [-0.1, -0.05) is 30.3 Å². The zero-order chi connectivity index (χ0) is 13.8. The molecule has 0 saturated heterocycles. The second-order valence-corrected chi connectivity index (χ2v) is 5.67. The van der Waals surface area contributed by atoms with E-state index in [-0.39, 0.29) is 11.9 Å². The van der Waals surface area contributed by atoms with Gasteiger partial charge < -0.3 is 5.73 Å².